The van der Waals surface area contributed by atoms with Crippen LogP contribution in [0.25, 0.3) is 0 Å². The lowest BCUT2D eigenvalue weighted by atomic mass is 9.93. The van der Waals surface area contributed by atoms with Crippen molar-refractivity contribution < 1.29 is 9.53 Å². The summed E-state index contributed by atoms with van der Waals surface area (Å²) in [6.45, 7) is 2.57. The van der Waals surface area contributed by atoms with Crippen molar-refractivity contribution in [2.45, 2.75) is 32.2 Å². The standard InChI is InChI=1S/C17H22N4O2/c1-3-23-13-9-7-12(8-10-13)19-17(22)20-15-5-4-6-16-14(15)11-18-21(16)2/h7-11,15H,3-6H2,1-2H3,(H2,19,20,22). The first-order chi connectivity index (χ1) is 11.2. The summed E-state index contributed by atoms with van der Waals surface area (Å²) >= 11 is 0. The predicted octanol–water partition coefficient (Wildman–Crippen LogP) is 3.02. The number of rotatable bonds is 4. The summed E-state index contributed by atoms with van der Waals surface area (Å²) in [5.41, 5.74) is 3.08. The van der Waals surface area contributed by atoms with Crippen molar-refractivity contribution in [2.24, 2.45) is 7.05 Å². The van der Waals surface area contributed by atoms with Crippen molar-refractivity contribution in [3.63, 3.8) is 0 Å². The van der Waals surface area contributed by atoms with E-state index in [1.165, 1.54) is 5.69 Å². The summed E-state index contributed by atoms with van der Waals surface area (Å²) in [4.78, 5) is 12.2. The van der Waals surface area contributed by atoms with E-state index in [4.69, 9.17) is 4.74 Å². The van der Waals surface area contributed by atoms with Gasteiger partial charge in [-0.3, -0.25) is 4.68 Å². The van der Waals surface area contributed by atoms with E-state index in [1.54, 1.807) is 0 Å². The Hall–Kier alpha value is -2.50. The zero-order chi connectivity index (χ0) is 16.2. The highest BCUT2D eigenvalue weighted by atomic mass is 16.5. The quantitative estimate of drug-likeness (QED) is 0.911. The van der Waals surface area contributed by atoms with Crippen LogP contribution in [0.5, 0.6) is 5.75 Å². The Morgan fingerprint density at radius 3 is 2.91 bits per heavy atom. The minimum absolute atomic E-state index is 0.0233. The maximum Gasteiger partial charge on any atom is 0.319 e. The molecule has 3 rings (SSSR count). The van der Waals surface area contributed by atoms with Crippen molar-refractivity contribution in [1.29, 1.82) is 0 Å². The molecule has 2 amide bonds. The number of hydrogen-bond donors (Lipinski definition) is 2. The molecule has 2 N–H and O–H groups in total. The lowest BCUT2D eigenvalue weighted by molar-refractivity contribution is 0.247. The first-order valence-corrected chi connectivity index (χ1v) is 7.98. The summed E-state index contributed by atoms with van der Waals surface area (Å²) < 4.78 is 7.29. The van der Waals surface area contributed by atoms with Gasteiger partial charge in [0, 0.05) is 24.0 Å². The largest absolute Gasteiger partial charge is 0.494 e. The number of urea groups is 1. The molecule has 0 spiro atoms. The van der Waals surface area contributed by atoms with Gasteiger partial charge in [-0.2, -0.15) is 5.10 Å². The molecule has 122 valence electrons. The molecule has 23 heavy (non-hydrogen) atoms. The van der Waals surface area contributed by atoms with Crippen molar-refractivity contribution >= 4 is 11.7 Å². The summed E-state index contributed by atoms with van der Waals surface area (Å²) in [5.74, 6) is 0.797. The second-order valence-corrected chi connectivity index (χ2v) is 5.67. The first kappa shape index (κ1) is 15.4. The molecular weight excluding hydrogens is 292 g/mol. The van der Waals surface area contributed by atoms with Gasteiger partial charge in [-0.05, 0) is 50.5 Å². The van der Waals surface area contributed by atoms with E-state index in [9.17, 15) is 4.79 Å². The van der Waals surface area contributed by atoms with Crippen LogP contribution < -0.4 is 15.4 Å². The third-order valence-corrected chi connectivity index (χ3v) is 4.10. The molecule has 0 saturated heterocycles. The van der Waals surface area contributed by atoms with E-state index in [1.807, 2.05) is 49.1 Å². The fraction of sp³-hybridized carbons (Fsp3) is 0.412. The number of carbonyl (C=O) groups is 1. The van der Waals surface area contributed by atoms with Crippen LogP contribution in [-0.4, -0.2) is 22.4 Å². The fourth-order valence-electron chi connectivity index (χ4n) is 2.98. The molecule has 1 heterocycles. The average Bonchev–Trinajstić information content (AvgIpc) is 2.92. The molecular formula is C17H22N4O2. The van der Waals surface area contributed by atoms with Gasteiger partial charge in [0.15, 0.2) is 0 Å². The molecule has 1 aliphatic rings. The molecule has 0 aliphatic heterocycles. The number of aromatic nitrogens is 2. The highest BCUT2D eigenvalue weighted by Crippen LogP contribution is 2.29. The number of anilines is 1. The van der Waals surface area contributed by atoms with Crippen LogP contribution in [0, 0.1) is 0 Å². The van der Waals surface area contributed by atoms with E-state index < -0.39 is 0 Å². The zero-order valence-corrected chi connectivity index (χ0v) is 13.5. The number of carbonyl (C=O) groups excluding carboxylic acids is 1. The minimum Gasteiger partial charge on any atom is -0.494 e. The zero-order valence-electron chi connectivity index (χ0n) is 13.5. The number of nitrogens with zero attached hydrogens (tertiary/aromatic N) is 2. The minimum atomic E-state index is -0.198. The van der Waals surface area contributed by atoms with Crippen molar-refractivity contribution in [3.05, 3.63) is 41.7 Å². The Kier molecular flexibility index (Phi) is 4.50. The second kappa shape index (κ2) is 6.73. The molecule has 0 bridgehead atoms. The van der Waals surface area contributed by atoms with Crippen molar-refractivity contribution in [3.8, 4) is 5.75 Å². The van der Waals surface area contributed by atoms with Crippen molar-refractivity contribution in [2.75, 3.05) is 11.9 Å². The molecule has 1 unspecified atom stereocenters. The Bertz CT molecular complexity index is 678. The molecule has 1 aromatic carbocycles. The van der Waals surface area contributed by atoms with E-state index in [2.05, 4.69) is 15.7 Å². The molecule has 0 saturated carbocycles. The molecule has 6 heteroatoms. The molecule has 0 fully saturated rings. The number of nitrogens with one attached hydrogen (secondary N) is 2. The summed E-state index contributed by atoms with van der Waals surface area (Å²) in [5, 5.41) is 10.2. The number of amides is 2. The number of aryl methyl sites for hydroxylation is 1. The topological polar surface area (TPSA) is 68.2 Å². The smallest absolute Gasteiger partial charge is 0.319 e. The highest BCUT2D eigenvalue weighted by Gasteiger charge is 2.24. The maximum atomic E-state index is 12.2. The van der Waals surface area contributed by atoms with Crippen LogP contribution in [0.2, 0.25) is 0 Å². The number of ether oxygens (including phenoxy) is 1. The molecule has 0 radical (unpaired) electrons. The van der Waals surface area contributed by atoms with Gasteiger partial charge < -0.3 is 15.4 Å². The Morgan fingerprint density at radius 1 is 1.39 bits per heavy atom. The van der Waals surface area contributed by atoms with Crippen LogP contribution in [-0.2, 0) is 13.5 Å². The number of hydrogen-bond acceptors (Lipinski definition) is 3. The van der Waals surface area contributed by atoms with Gasteiger partial charge in [0.05, 0.1) is 18.8 Å². The molecule has 1 atom stereocenters. The van der Waals surface area contributed by atoms with Gasteiger partial charge in [-0.1, -0.05) is 0 Å². The number of fused-ring (bicyclic) bond motifs is 1. The van der Waals surface area contributed by atoms with Gasteiger partial charge in [0.2, 0.25) is 0 Å². The second-order valence-electron chi connectivity index (χ2n) is 5.67. The predicted molar refractivity (Wildman–Crippen MR) is 88.7 cm³/mol. The van der Waals surface area contributed by atoms with Gasteiger partial charge >= 0.3 is 6.03 Å². The molecule has 1 aromatic heterocycles. The van der Waals surface area contributed by atoms with Gasteiger partial charge in [0.25, 0.3) is 0 Å². The van der Waals surface area contributed by atoms with Crippen molar-refractivity contribution in [1.82, 2.24) is 15.1 Å². The van der Waals surface area contributed by atoms with E-state index in [0.717, 1.165) is 36.3 Å². The SMILES string of the molecule is CCOc1ccc(NC(=O)NC2CCCc3c2cnn3C)cc1. The maximum absolute atomic E-state index is 12.2. The monoisotopic (exact) mass is 314 g/mol. The normalized spacial score (nSPS) is 16.5. The third kappa shape index (κ3) is 3.47. The van der Waals surface area contributed by atoms with Gasteiger partial charge in [-0.25, -0.2) is 4.79 Å². The average molecular weight is 314 g/mol. The summed E-state index contributed by atoms with van der Waals surface area (Å²) in [6.07, 6.45) is 4.87. The highest BCUT2D eigenvalue weighted by molar-refractivity contribution is 5.89. The van der Waals surface area contributed by atoms with Crippen LogP contribution in [0.4, 0.5) is 10.5 Å². The third-order valence-electron chi connectivity index (χ3n) is 4.10. The van der Waals surface area contributed by atoms with Crippen LogP contribution in [0.3, 0.4) is 0 Å². The van der Waals surface area contributed by atoms with Gasteiger partial charge in [0.1, 0.15) is 5.75 Å². The molecule has 1 aliphatic carbocycles. The van der Waals surface area contributed by atoms with Gasteiger partial charge in [-0.15, -0.1) is 0 Å². The van der Waals surface area contributed by atoms with E-state index in [0.29, 0.717) is 6.61 Å². The van der Waals surface area contributed by atoms with Crippen LogP contribution >= 0.6 is 0 Å². The molecule has 6 nitrogen and oxygen atoms in total. The summed E-state index contributed by atoms with van der Waals surface area (Å²) in [7, 11) is 1.95. The molecule has 2 aromatic rings. The lowest BCUT2D eigenvalue weighted by Crippen LogP contribution is -2.34. The Balaban J connectivity index is 1.61. The first-order valence-electron chi connectivity index (χ1n) is 7.98. The van der Waals surface area contributed by atoms with E-state index >= 15 is 0 Å². The number of benzene rings is 1. The van der Waals surface area contributed by atoms with Crippen LogP contribution in [0.15, 0.2) is 30.5 Å². The lowest BCUT2D eigenvalue weighted by Gasteiger charge is -2.24. The fourth-order valence-corrected chi connectivity index (χ4v) is 2.98. The summed E-state index contributed by atoms with van der Waals surface area (Å²) in [6, 6.07) is 7.19. The van der Waals surface area contributed by atoms with Crippen LogP contribution in [0.1, 0.15) is 37.1 Å². The van der Waals surface area contributed by atoms with E-state index in [-0.39, 0.29) is 12.1 Å². The Morgan fingerprint density at radius 2 is 2.17 bits per heavy atom. The Labute approximate surface area is 135 Å².